The molecule has 0 atom stereocenters. The van der Waals surface area contributed by atoms with Gasteiger partial charge >= 0.3 is 0 Å². The monoisotopic (exact) mass is 383 g/mol. The van der Waals surface area contributed by atoms with Gasteiger partial charge < -0.3 is 5.73 Å². The largest absolute Gasteiger partial charge is 0.375 e. The van der Waals surface area contributed by atoms with Gasteiger partial charge in [0.2, 0.25) is 0 Å². The van der Waals surface area contributed by atoms with Crippen LogP contribution >= 0.6 is 33.9 Å². The van der Waals surface area contributed by atoms with Crippen molar-refractivity contribution in [1.29, 1.82) is 0 Å². The van der Waals surface area contributed by atoms with E-state index in [1.807, 2.05) is 29.6 Å². The number of aromatic amines is 1. The molecule has 0 fully saturated rings. The molecule has 7 heteroatoms. The number of hydrogen-bond acceptors (Lipinski definition) is 5. The highest BCUT2D eigenvalue weighted by molar-refractivity contribution is 14.1. The summed E-state index contributed by atoms with van der Waals surface area (Å²) in [4.78, 5) is 8.71. The lowest BCUT2D eigenvalue weighted by atomic mass is 10.2. The minimum atomic E-state index is 0.576. The van der Waals surface area contributed by atoms with E-state index in [0.29, 0.717) is 17.4 Å². The molecule has 0 saturated carbocycles. The second-order valence-electron chi connectivity index (χ2n) is 3.94. The summed E-state index contributed by atoms with van der Waals surface area (Å²) in [5, 5.41) is 9.71. The third kappa shape index (κ3) is 2.76. The normalized spacial score (nSPS) is 10.8. The Morgan fingerprint density at radius 1 is 1.26 bits per heavy atom. The van der Waals surface area contributed by atoms with E-state index in [2.05, 4.69) is 42.8 Å². The summed E-state index contributed by atoms with van der Waals surface area (Å²) in [6, 6.07) is 8.02. The molecule has 2 aromatic heterocycles. The van der Waals surface area contributed by atoms with Crippen molar-refractivity contribution in [3.8, 4) is 11.4 Å². The lowest BCUT2D eigenvalue weighted by Crippen LogP contribution is -1.92. The van der Waals surface area contributed by atoms with E-state index >= 15 is 0 Å². The van der Waals surface area contributed by atoms with Gasteiger partial charge in [-0.25, -0.2) is 9.97 Å². The van der Waals surface area contributed by atoms with Crippen molar-refractivity contribution in [2.75, 3.05) is 5.73 Å². The molecule has 2 heterocycles. The second kappa shape index (κ2) is 5.25. The van der Waals surface area contributed by atoms with Crippen molar-refractivity contribution in [2.45, 2.75) is 6.42 Å². The first kappa shape index (κ1) is 12.5. The Bertz CT molecular complexity index is 705. The molecule has 3 rings (SSSR count). The molecule has 19 heavy (non-hydrogen) atoms. The zero-order valence-electron chi connectivity index (χ0n) is 9.80. The molecule has 0 radical (unpaired) electrons. The van der Waals surface area contributed by atoms with Gasteiger partial charge in [-0.15, -0.1) is 11.3 Å². The highest BCUT2D eigenvalue weighted by Gasteiger charge is 2.10. The highest BCUT2D eigenvalue weighted by Crippen LogP contribution is 2.22. The maximum atomic E-state index is 5.61. The summed E-state index contributed by atoms with van der Waals surface area (Å²) >= 11 is 3.71. The summed E-state index contributed by atoms with van der Waals surface area (Å²) in [5.74, 6) is 1.50. The SMILES string of the molecule is Nc1nc(Cc2nc(-c3ccccc3I)n[nH]2)cs1. The number of H-pyrrole nitrogens is 1. The molecule has 0 spiro atoms. The Morgan fingerprint density at radius 3 is 2.84 bits per heavy atom. The topological polar surface area (TPSA) is 80.5 Å². The smallest absolute Gasteiger partial charge is 0.182 e. The Kier molecular flexibility index (Phi) is 3.47. The first-order valence-corrected chi connectivity index (χ1v) is 7.54. The zero-order valence-corrected chi connectivity index (χ0v) is 12.8. The van der Waals surface area contributed by atoms with Crippen LogP contribution in [0.1, 0.15) is 11.5 Å². The van der Waals surface area contributed by atoms with Gasteiger partial charge in [0, 0.05) is 14.5 Å². The number of rotatable bonds is 3. The van der Waals surface area contributed by atoms with Gasteiger partial charge in [-0.2, -0.15) is 5.10 Å². The fourth-order valence-electron chi connectivity index (χ4n) is 1.71. The summed E-state index contributed by atoms with van der Waals surface area (Å²) in [7, 11) is 0. The number of thiazole rings is 1. The van der Waals surface area contributed by atoms with E-state index in [-0.39, 0.29) is 0 Å². The molecule has 0 aliphatic rings. The van der Waals surface area contributed by atoms with E-state index in [1.165, 1.54) is 11.3 Å². The predicted octanol–water partition coefficient (Wildman–Crippen LogP) is 2.71. The quantitative estimate of drug-likeness (QED) is 0.682. The Balaban J connectivity index is 1.86. The van der Waals surface area contributed by atoms with Crippen LogP contribution in [0.5, 0.6) is 0 Å². The van der Waals surface area contributed by atoms with Crippen molar-refractivity contribution in [1.82, 2.24) is 20.2 Å². The summed E-state index contributed by atoms with van der Waals surface area (Å²) in [6.07, 6.45) is 0.615. The van der Waals surface area contributed by atoms with Crippen LogP contribution in [0.3, 0.4) is 0 Å². The first-order chi connectivity index (χ1) is 9.22. The average molecular weight is 383 g/mol. The van der Waals surface area contributed by atoms with Crippen LogP contribution in [0.15, 0.2) is 29.6 Å². The van der Waals surface area contributed by atoms with Gasteiger partial charge in [0.1, 0.15) is 5.82 Å². The maximum Gasteiger partial charge on any atom is 0.182 e. The van der Waals surface area contributed by atoms with E-state index in [9.17, 15) is 0 Å². The standard InChI is InChI=1S/C12H10IN5S/c13-9-4-2-1-3-8(9)11-16-10(17-18-11)5-7-6-19-12(14)15-7/h1-4,6H,5H2,(H2,14,15)(H,16,17,18). The minimum absolute atomic E-state index is 0.576. The van der Waals surface area contributed by atoms with Crippen molar-refractivity contribution >= 4 is 39.1 Å². The Morgan fingerprint density at radius 2 is 2.11 bits per heavy atom. The van der Waals surface area contributed by atoms with E-state index in [4.69, 9.17) is 5.73 Å². The van der Waals surface area contributed by atoms with E-state index in [0.717, 1.165) is 20.7 Å². The van der Waals surface area contributed by atoms with Crippen LogP contribution in [0, 0.1) is 3.57 Å². The van der Waals surface area contributed by atoms with Crippen LogP contribution in [0.4, 0.5) is 5.13 Å². The molecule has 0 bridgehead atoms. The number of nitrogens with one attached hydrogen (secondary N) is 1. The number of hydrogen-bond donors (Lipinski definition) is 2. The fourth-order valence-corrected chi connectivity index (χ4v) is 2.90. The zero-order chi connectivity index (χ0) is 13.2. The van der Waals surface area contributed by atoms with Gasteiger partial charge in [-0.1, -0.05) is 18.2 Å². The lowest BCUT2D eigenvalue weighted by Gasteiger charge is -1.97. The molecule has 5 nitrogen and oxygen atoms in total. The average Bonchev–Trinajstić information content (AvgIpc) is 3.00. The van der Waals surface area contributed by atoms with Crippen LogP contribution in [-0.4, -0.2) is 20.2 Å². The number of benzene rings is 1. The third-order valence-electron chi connectivity index (χ3n) is 2.56. The first-order valence-electron chi connectivity index (χ1n) is 5.58. The van der Waals surface area contributed by atoms with E-state index in [1.54, 1.807) is 0 Å². The van der Waals surface area contributed by atoms with Crippen LogP contribution < -0.4 is 5.73 Å². The summed E-state index contributed by atoms with van der Waals surface area (Å²) in [6.45, 7) is 0. The summed E-state index contributed by atoms with van der Waals surface area (Å²) in [5.41, 5.74) is 7.55. The van der Waals surface area contributed by atoms with Gasteiger partial charge in [0.25, 0.3) is 0 Å². The van der Waals surface area contributed by atoms with Gasteiger partial charge in [-0.3, -0.25) is 5.10 Å². The van der Waals surface area contributed by atoms with Crippen LogP contribution in [0.2, 0.25) is 0 Å². The van der Waals surface area contributed by atoms with Crippen LogP contribution in [-0.2, 0) is 6.42 Å². The molecule has 0 amide bonds. The number of nitrogens with zero attached hydrogens (tertiary/aromatic N) is 3. The Labute approximate surface area is 127 Å². The number of nitrogens with two attached hydrogens (primary N) is 1. The fraction of sp³-hybridized carbons (Fsp3) is 0.0833. The Hall–Kier alpha value is -1.48. The molecule has 0 saturated heterocycles. The minimum Gasteiger partial charge on any atom is -0.375 e. The molecular formula is C12H10IN5S. The third-order valence-corrected chi connectivity index (χ3v) is 4.23. The van der Waals surface area contributed by atoms with Gasteiger partial charge in [0.05, 0.1) is 12.1 Å². The van der Waals surface area contributed by atoms with Gasteiger partial charge in [0.15, 0.2) is 11.0 Å². The van der Waals surface area contributed by atoms with Crippen molar-refractivity contribution in [3.63, 3.8) is 0 Å². The number of anilines is 1. The number of aromatic nitrogens is 4. The number of nitrogen functional groups attached to an aromatic ring is 1. The summed E-state index contributed by atoms with van der Waals surface area (Å²) < 4.78 is 1.13. The molecule has 0 aliphatic carbocycles. The van der Waals surface area contributed by atoms with Crippen molar-refractivity contribution < 1.29 is 0 Å². The van der Waals surface area contributed by atoms with Crippen molar-refractivity contribution in [2.24, 2.45) is 0 Å². The van der Waals surface area contributed by atoms with Crippen LogP contribution in [0.25, 0.3) is 11.4 Å². The molecule has 3 N–H and O–H groups in total. The molecule has 3 aromatic rings. The highest BCUT2D eigenvalue weighted by atomic mass is 127. The lowest BCUT2D eigenvalue weighted by molar-refractivity contribution is 0.952. The second-order valence-corrected chi connectivity index (χ2v) is 5.99. The predicted molar refractivity (Wildman–Crippen MR) is 83.9 cm³/mol. The van der Waals surface area contributed by atoms with Gasteiger partial charge in [-0.05, 0) is 28.7 Å². The molecular weight excluding hydrogens is 373 g/mol. The maximum absolute atomic E-state index is 5.61. The molecule has 0 aliphatic heterocycles. The molecule has 96 valence electrons. The molecule has 0 unspecified atom stereocenters. The molecule has 1 aromatic carbocycles. The van der Waals surface area contributed by atoms with Crippen molar-refractivity contribution in [3.05, 3.63) is 44.7 Å². The number of halogens is 1. The van der Waals surface area contributed by atoms with E-state index < -0.39 is 0 Å².